The van der Waals surface area contributed by atoms with E-state index in [0.29, 0.717) is 11.0 Å². The Balaban J connectivity index is 2.15. The van der Waals surface area contributed by atoms with E-state index in [1.807, 2.05) is 17.6 Å². The Bertz CT molecular complexity index is 711. The number of aromatic nitrogens is 3. The Morgan fingerprint density at radius 2 is 2.35 bits per heavy atom. The molecule has 0 aliphatic heterocycles. The molecule has 3 rings (SSSR count). The molecule has 0 unspecified atom stereocenters. The van der Waals surface area contributed by atoms with Crippen molar-refractivity contribution in [2.75, 3.05) is 5.73 Å². The molecule has 4 N–H and O–H groups in total. The maximum absolute atomic E-state index is 11.6. The molecule has 0 atom stereocenters. The normalized spacial score (nSPS) is 11.1. The number of hydrogen-bond acceptors (Lipinski definition) is 4. The van der Waals surface area contributed by atoms with E-state index in [2.05, 4.69) is 21.0 Å². The van der Waals surface area contributed by atoms with Crippen LogP contribution in [0.25, 0.3) is 11.0 Å². The zero-order valence-electron chi connectivity index (χ0n) is 8.86. The minimum atomic E-state index is -0.232. The number of fused-ring (bicyclic) bond motifs is 1. The van der Waals surface area contributed by atoms with E-state index in [9.17, 15) is 4.79 Å². The summed E-state index contributed by atoms with van der Waals surface area (Å²) in [5.74, 6) is 0.148. The molecular formula is C11H10N4OS. The highest BCUT2D eigenvalue weighted by Gasteiger charge is 2.10. The van der Waals surface area contributed by atoms with E-state index >= 15 is 0 Å². The number of aromatic amines is 2. The zero-order chi connectivity index (χ0) is 11.8. The van der Waals surface area contributed by atoms with Crippen molar-refractivity contribution in [3.8, 4) is 0 Å². The Morgan fingerprint density at radius 1 is 1.47 bits per heavy atom. The third-order valence-electron chi connectivity index (χ3n) is 2.58. The van der Waals surface area contributed by atoms with Gasteiger partial charge in [0.15, 0.2) is 0 Å². The summed E-state index contributed by atoms with van der Waals surface area (Å²) in [5.41, 5.74) is 7.43. The van der Waals surface area contributed by atoms with Gasteiger partial charge < -0.3 is 10.7 Å². The van der Waals surface area contributed by atoms with Crippen LogP contribution in [0.3, 0.4) is 0 Å². The molecule has 5 nitrogen and oxygen atoms in total. The van der Waals surface area contributed by atoms with Crippen molar-refractivity contribution >= 4 is 28.3 Å². The number of rotatable bonds is 2. The van der Waals surface area contributed by atoms with E-state index in [1.165, 1.54) is 4.88 Å². The summed E-state index contributed by atoms with van der Waals surface area (Å²) in [6.45, 7) is 0. The van der Waals surface area contributed by atoms with Gasteiger partial charge in [0.2, 0.25) is 5.95 Å². The quantitative estimate of drug-likeness (QED) is 0.640. The molecule has 0 radical (unpaired) electrons. The van der Waals surface area contributed by atoms with E-state index in [1.54, 1.807) is 11.3 Å². The second-order valence-electron chi connectivity index (χ2n) is 3.74. The lowest BCUT2D eigenvalue weighted by atomic mass is 10.2. The first kappa shape index (κ1) is 10.1. The van der Waals surface area contributed by atoms with Crippen molar-refractivity contribution in [1.29, 1.82) is 0 Å². The number of nitrogen functional groups attached to an aromatic ring is 1. The minimum absolute atomic E-state index is 0.148. The van der Waals surface area contributed by atoms with Crippen LogP contribution in [0.15, 0.2) is 28.5 Å². The summed E-state index contributed by atoms with van der Waals surface area (Å²) >= 11 is 1.68. The first-order valence-electron chi connectivity index (χ1n) is 5.12. The number of hydrogen-bond donors (Lipinski definition) is 3. The maximum atomic E-state index is 11.6. The number of nitrogens with two attached hydrogens (primary N) is 1. The summed E-state index contributed by atoms with van der Waals surface area (Å²) in [6.07, 6.45) is 2.57. The molecule has 86 valence electrons. The Kier molecular flexibility index (Phi) is 2.22. The average molecular weight is 246 g/mol. The molecule has 3 aromatic rings. The number of nitrogens with zero attached hydrogens (tertiary/aromatic N) is 1. The van der Waals surface area contributed by atoms with Crippen molar-refractivity contribution in [2.45, 2.75) is 6.42 Å². The molecular weight excluding hydrogens is 236 g/mol. The standard InChI is InChI=1S/C11H10N4OS/c12-11-14-8-6(4-7-2-1-3-17-7)5-13-9(8)10(16)15-11/h1-3,5,13H,4H2,(H3,12,14,15,16). The summed E-state index contributed by atoms with van der Waals surface area (Å²) in [4.78, 5) is 22.4. The number of H-pyrrole nitrogens is 2. The predicted octanol–water partition coefficient (Wildman–Crippen LogP) is 1.49. The number of nitrogens with one attached hydrogen (secondary N) is 2. The third kappa shape index (κ3) is 1.72. The third-order valence-corrected chi connectivity index (χ3v) is 3.45. The molecule has 3 heterocycles. The van der Waals surface area contributed by atoms with E-state index in [4.69, 9.17) is 5.73 Å². The van der Waals surface area contributed by atoms with Gasteiger partial charge in [-0.25, -0.2) is 4.98 Å². The topological polar surface area (TPSA) is 87.6 Å². The molecule has 0 saturated carbocycles. The maximum Gasteiger partial charge on any atom is 0.276 e. The van der Waals surface area contributed by atoms with Crippen LogP contribution in [0.2, 0.25) is 0 Å². The smallest absolute Gasteiger partial charge is 0.276 e. The average Bonchev–Trinajstić information content (AvgIpc) is 2.89. The fourth-order valence-electron chi connectivity index (χ4n) is 1.82. The van der Waals surface area contributed by atoms with E-state index < -0.39 is 0 Å². The summed E-state index contributed by atoms with van der Waals surface area (Å²) in [5, 5.41) is 2.03. The lowest BCUT2D eigenvalue weighted by Crippen LogP contribution is -2.11. The van der Waals surface area contributed by atoms with Crippen LogP contribution < -0.4 is 11.3 Å². The lowest BCUT2D eigenvalue weighted by Gasteiger charge is -1.97. The SMILES string of the molecule is Nc1nc2c(Cc3cccs3)c[nH]c2c(=O)[nH]1. The van der Waals surface area contributed by atoms with Crippen molar-refractivity contribution < 1.29 is 0 Å². The van der Waals surface area contributed by atoms with Crippen LogP contribution in [-0.4, -0.2) is 15.0 Å². The number of anilines is 1. The van der Waals surface area contributed by atoms with Crippen molar-refractivity contribution in [1.82, 2.24) is 15.0 Å². The molecule has 6 heteroatoms. The van der Waals surface area contributed by atoms with Gasteiger partial charge >= 0.3 is 0 Å². The van der Waals surface area contributed by atoms with Crippen LogP contribution in [0.5, 0.6) is 0 Å². The highest BCUT2D eigenvalue weighted by molar-refractivity contribution is 7.09. The highest BCUT2D eigenvalue weighted by Crippen LogP contribution is 2.19. The van der Waals surface area contributed by atoms with Gasteiger partial charge in [0.1, 0.15) is 11.0 Å². The van der Waals surface area contributed by atoms with Crippen LogP contribution in [-0.2, 0) is 6.42 Å². The summed E-state index contributed by atoms with van der Waals surface area (Å²) in [7, 11) is 0. The van der Waals surface area contributed by atoms with Gasteiger partial charge in [-0.3, -0.25) is 9.78 Å². The van der Waals surface area contributed by atoms with Gasteiger partial charge in [-0.15, -0.1) is 11.3 Å². The zero-order valence-corrected chi connectivity index (χ0v) is 9.67. The largest absolute Gasteiger partial charge is 0.369 e. The second kappa shape index (κ2) is 3.74. The van der Waals surface area contributed by atoms with Crippen molar-refractivity contribution in [3.63, 3.8) is 0 Å². The monoisotopic (exact) mass is 246 g/mol. The summed E-state index contributed by atoms with van der Waals surface area (Å²) < 4.78 is 0. The first-order chi connectivity index (χ1) is 8.24. The molecule has 17 heavy (non-hydrogen) atoms. The van der Waals surface area contributed by atoms with Crippen LogP contribution in [0.4, 0.5) is 5.95 Å². The van der Waals surface area contributed by atoms with Gasteiger partial charge in [-0.1, -0.05) is 6.07 Å². The first-order valence-corrected chi connectivity index (χ1v) is 6.00. The van der Waals surface area contributed by atoms with Crippen LogP contribution >= 0.6 is 11.3 Å². The molecule has 3 aromatic heterocycles. The highest BCUT2D eigenvalue weighted by atomic mass is 32.1. The molecule has 0 aliphatic carbocycles. The van der Waals surface area contributed by atoms with Gasteiger partial charge in [-0.2, -0.15) is 0 Å². The Labute approximate surface area is 100 Å². The van der Waals surface area contributed by atoms with Gasteiger partial charge in [0.25, 0.3) is 5.56 Å². The van der Waals surface area contributed by atoms with Crippen molar-refractivity contribution in [2.24, 2.45) is 0 Å². The molecule has 0 aromatic carbocycles. The Hall–Kier alpha value is -2.08. The number of thiophene rings is 1. The van der Waals surface area contributed by atoms with Crippen molar-refractivity contribution in [3.05, 3.63) is 44.5 Å². The lowest BCUT2D eigenvalue weighted by molar-refractivity contribution is 1.17. The minimum Gasteiger partial charge on any atom is -0.369 e. The van der Waals surface area contributed by atoms with Crippen LogP contribution in [0, 0.1) is 0 Å². The molecule has 0 fully saturated rings. The van der Waals surface area contributed by atoms with Gasteiger partial charge in [0, 0.05) is 23.1 Å². The van der Waals surface area contributed by atoms with E-state index in [-0.39, 0.29) is 11.5 Å². The van der Waals surface area contributed by atoms with E-state index in [0.717, 1.165) is 12.0 Å². The fraction of sp³-hybridized carbons (Fsp3) is 0.0909. The van der Waals surface area contributed by atoms with Gasteiger partial charge in [-0.05, 0) is 11.4 Å². The van der Waals surface area contributed by atoms with Crippen LogP contribution in [0.1, 0.15) is 10.4 Å². The molecule has 0 spiro atoms. The summed E-state index contributed by atoms with van der Waals surface area (Å²) in [6, 6.07) is 4.06. The molecule has 0 bridgehead atoms. The Morgan fingerprint density at radius 3 is 3.12 bits per heavy atom. The molecule has 0 amide bonds. The molecule has 0 saturated heterocycles. The second-order valence-corrected chi connectivity index (χ2v) is 4.78. The predicted molar refractivity (Wildman–Crippen MR) is 68.3 cm³/mol. The van der Waals surface area contributed by atoms with Gasteiger partial charge in [0.05, 0.1) is 0 Å². The fourth-order valence-corrected chi connectivity index (χ4v) is 2.55. The molecule has 0 aliphatic rings.